The summed E-state index contributed by atoms with van der Waals surface area (Å²) in [5.74, 6) is 0.437. The lowest BCUT2D eigenvalue weighted by Crippen LogP contribution is -2.50. The van der Waals surface area contributed by atoms with Gasteiger partial charge in [0.2, 0.25) is 0 Å². The lowest BCUT2D eigenvalue weighted by Gasteiger charge is -2.35. The molecule has 0 amide bonds. The van der Waals surface area contributed by atoms with E-state index in [0.29, 0.717) is 17.9 Å². The Morgan fingerprint density at radius 2 is 1.87 bits per heavy atom. The highest BCUT2D eigenvalue weighted by molar-refractivity contribution is 7.93. The molecule has 38 heavy (non-hydrogen) atoms. The Morgan fingerprint density at radius 1 is 1.11 bits per heavy atom. The minimum Gasteiger partial charge on any atom is -0.495 e. The van der Waals surface area contributed by atoms with Crippen LogP contribution in [0.4, 0.5) is 11.4 Å². The maximum absolute atomic E-state index is 14.0. The first-order chi connectivity index (χ1) is 18.2. The lowest BCUT2D eigenvalue weighted by atomic mass is 10.2. The number of nitrogens with one attached hydrogen (secondary N) is 1. The molecule has 0 aliphatic heterocycles. The summed E-state index contributed by atoms with van der Waals surface area (Å²) < 4.78 is 45.4. The summed E-state index contributed by atoms with van der Waals surface area (Å²) in [4.78, 5) is -0.186. The van der Waals surface area contributed by atoms with E-state index in [1.807, 2.05) is 0 Å². The van der Waals surface area contributed by atoms with Crippen molar-refractivity contribution >= 4 is 21.4 Å². The van der Waals surface area contributed by atoms with Crippen molar-refractivity contribution in [3.63, 3.8) is 0 Å². The first-order valence-corrected chi connectivity index (χ1v) is 13.2. The zero-order valence-electron chi connectivity index (χ0n) is 21.3. The van der Waals surface area contributed by atoms with E-state index in [2.05, 4.69) is 15.5 Å². The maximum Gasteiger partial charge on any atom is 0.270 e. The Bertz CT molecular complexity index is 1280. The van der Waals surface area contributed by atoms with Crippen molar-refractivity contribution in [2.75, 3.05) is 36.5 Å². The van der Waals surface area contributed by atoms with Gasteiger partial charge >= 0.3 is 0 Å². The molecule has 0 bridgehead atoms. The molecule has 12 nitrogen and oxygen atoms in total. The average molecular weight is 549 g/mol. The number of aryl methyl sites for hydroxylation is 1. The van der Waals surface area contributed by atoms with Crippen LogP contribution in [0.25, 0.3) is 0 Å². The molecular formula is C25H32N4O8S. The van der Waals surface area contributed by atoms with Gasteiger partial charge in [0.15, 0.2) is 12.5 Å². The second-order valence-electron chi connectivity index (χ2n) is 8.27. The number of nitrogens with zero attached hydrogens (tertiary/aromatic N) is 3. The number of methoxy groups -OCH3 is 1. The molecule has 2 aromatic carbocycles. The second-order valence-corrected chi connectivity index (χ2v) is 10.1. The van der Waals surface area contributed by atoms with Crippen LogP contribution in [0.2, 0.25) is 0 Å². The number of aliphatic hydroxyl groups is 3. The highest BCUT2D eigenvalue weighted by atomic mass is 32.2. The maximum atomic E-state index is 14.0. The van der Waals surface area contributed by atoms with Crippen LogP contribution in [0.3, 0.4) is 0 Å². The second kappa shape index (κ2) is 13.3. The summed E-state index contributed by atoms with van der Waals surface area (Å²) in [7, 11) is -3.10. The van der Waals surface area contributed by atoms with E-state index in [4.69, 9.17) is 14.2 Å². The third kappa shape index (κ3) is 7.30. The van der Waals surface area contributed by atoms with Crippen molar-refractivity contribution in [1.29, 1.82) is 0 Å². The zero-order chi connectivity index (χ0) is 27.7. The van der Waals surface area contributed by atoms with Gasteiger partial charge < -0.3 is 34.8 Å². The van der Waals surface area contributed by atoms with Crippen LogP contribution in [0.5, 0.6) is 11.5 Å². The molecule has 0 spiro atoms. The van der Waals surface area contributed by atoms with E-state index in [1.54, 1.807) is 43.6 Å². The van der Waals surface area contributed by atoms with Gasteiger partial charge in [-0.2, -0.15) is 10.2 Å². The van der Waals surface area contributed by atoms with Gasteiger partial charge in [-0.15, -0.1) is 0 Å². The Morgan fingerprint density at radius 3 is 2.53 bits per heavy atom. The van der Waals surface area contributed by atoms with E-state index in [1.165, 1.54) is 38.3 Å². The molecule has 0 aliphatic carbocycles. The first kappa shape index (κ1) is 29.1. The molecule has 3 atom stereocenters. The van der Waals surface area contributed by atoms with Crippen molar-refractivity contribution in [3.05, 3.63) is 66.5 Å². The third-order valence-electron chi connectivity index (χ3n) is 5.28. The Hall–Kier alpha value is -3.49. The number of para-hydroxylation sites is 1. The van der Waals surface area contributed by atoms with Crippen molar-refractivity contribution in [3.8, 4) is 11.5 Å². The summed E-state index contributed by atoms with van der Waals surface area (Å²) in [5, 5.41) is 40.5. The quantitative estimate of drug-likeness (QED) is 0.171. The van der Waals surface area contributed by atoms with E-state index in [9.17, 15) is 23.7 Å². The predicted octanol–water partition coefficient (Wildman–Crippen LogP) is 1.51. The molecular weight excluding hydrogens is 516 g/mol. The van der Waals surface area contributed by atoms with Gasteiger partial charge in [0.05, 0.1) is 43.6 Å². The minimum atomic E-state index is -4.44. The largest absolute Gasteiger partial charge is 0.495 e. The normalized spacial score (nSPS) is 13.8. The van der Waals surface area contributed by atoms with Crippen LogP contribution < -0.4 is 19.1 Å². The van der Waals surface area contributed by atoms with Crippen LogP contribution in [-0.2, 0) is 14.8 Å². The predicted molar refractivity (Wildman–Crippen MR) is 140 cm³/mol. The van der Waals surface area contributed by atoms with Gasteiger partial charge in [0.1, 0.15) is 23.0 Å². The summed E-state index contributed by atoms with van der Waals surface area (Å²) in [6.45, 7) is 2.93. The minimum absolute atomic E-state index is 0.0744. The smallest absolute Gasteiger partial charge is 0.270 e. The molecule has 3 aromatic rings. The number of rotatable bonds is 14. The molecule has 4 N–H and O–H groups in total. The number of hydrogen-bond donors (Lipinski definition) is 4. The molecule has 3 unspecified atom stereocenters. The van der Waals surface area contributed by atoms with Crippen LogP contribution >= 0.6 is 0 Å². The van der Waals surface area contributed by atoms with Crippen molar-refractivity contribution < 1.29 is 37.9 Å². The third-order valence-corrected chi connectivity index (χ3v) is 7.11. The van der Waals surface area contributed by atoms with E-state index in [-0.39, 0.29) is 22.9 Å². The molecule has 13 heteroatoms. The molecule has 0 fully saturated rings. The fourth-order valence-corrected chi connectivity index (χ4v) is 5.38. The van der Waals surface area contributed by atoms with Gasteiger partial charge in [-0.3, -0.25) is 0 Å². The highest BCUT2D eigenvalue weighted by Gasteiger charge is 2.38. The van der Waals surface area contributed by atoms with Crippen molar-refractivity contribution in [2.45, 2.75) is 37.4 Å². The SMILES string of the molecule is COc1ccccc1S(=O)(=O)N(c1cc(C)cc(OCCNc2ccnnc2)c1)C(OC(O)CO)C(C)O. The molecule has 206 valence electrons. The number of anilines is 2. The lowest BCUT2D eigenvalue weighted by molar-refractivity contribution is -0.173. The Labute approximate surface area is 221 Å². The molecule has 0 aliphatic rings. The number of aromatic nitrogens is 2. The summed E-state index contributed by atoms with van der Waals surface area (Å²) in [6.07, 6.45) is -1.64. The molecule has 1 aromatic heterocycles. The van der Waals surface area contributed by atoms with E-state index >= 15 is 0 Å². The molecule has 0 radical (unpaired) electrons. The van der Waals surface area contributed by atoms with Crippen molar-refractivity contribution in [1.82, 2.24) is 10.2 Å². The summed E-state index contributed by atoms with van der Waals surface area (Å²) >= 11 is 0. The van der Waals surface area contributed by atoms with Crippen LogP contribution in [-0.4, -0.2) is 79.4 Å². The average Bonchev–Trinajstić information content (AvgIpc) is 2.90. The first-order valence-electron chi connectivity index (χ1n) is 11.7. The van der Waals surface area contributed by atoms with E-state index in [0.717, 1.165) is 9.99 Å². The zero-order valence-corrected chi connectivity index (χ0v) is 22.1. The Balaban J connectivity index is 2.00. The molecule has 3 rings (SSSR count). The standard InChI is InChI=1S/C25H32N4O8S/c1-17-12-20(14-21(13-17)36-11-10-26-19-8-9-27-28-15-19)29(25(18(2)31)37-24(32)16-30)38(33,34)23-7-5-4-6-22(23)35-3/h4-9,12-15,18,24-25,30-32H,10-11,16H2,1-3H3,(H,26,27). The van der Waals surface area contributed by atoms with E-state index < -0.39 is 35.3 Å². The number of benzene rings is 2. The molecule has 1 heterocycles. The van der Waals surface area contributed by atoms with Crippen LogP contribution in [0.1, 0.15) is 12.5 Å². The number of ether oxygens (including phenoxy) is 3. The highest BCUT2D eigenvalue weighted by Crippen LogP contribution is 2.35. The summed E-state index contributed by atoms with van der Waals surface area (Å²) in [6, 6.07) is 12.5. The van der Waals surface area contributed by atoms with Crippen LogP contribution in [0.15, 0.2) is 65.8 Å². The number of sulfonamides is 1. The monoisotopic (exact) mass is 548 g/mol. The van der Waals surface area contributed by atoms with Crippen molar-refractivity contribution in [2.24, 2.45) is 0 Å². The van der Waals surface area contributed by atoms with Crippen LogP contribution in [0, 0.1) is 6.92 Å². The van der Waals surface area contributed by atoms with Gasteiger partial charge in [0, 0.05) is 12.6 Å². The van der Waals surface area contributed by atoms with Gasteiger partial charge in [-0.1, -0.05) is 12.1 Å². The number of hydrogen-bond acceptors (Lipinski definition) is 11. The topological polar surface area (TPSA) is 164 Å². The van der Waals surface area contributed by atoms with Gasteiger partial charge in [-0.25, -0.2) is 12.7 Å². The Kier molecular flexibility index (Phi) is 10.2. The van der Waals surface area contributed by atoms with Gasteiger partial charge in [0.25, 0.3) is 10.0 Å². The fraction of sp³-hybridized carbons (Fsp3) is 0.360. The fourth-order valence-electron chi connectivity index (χ4n) is 3.63. The molecule has 0 saturated heterocycles. The number of aliphatic hydroxyl groups excluding tert-OH is 3. The summed E-state index contributed by atoms with van der Waals surface area (Å²) in [5.41, 5.74) is 1.53. The van der Waals surface area contributed by atoms with Gasteiger partial charge in [-0.05, 0) is 49.7 Å². The molecule has 0 saturated carbocycles.